The van der Waals surface area contributed by atoms with Gasteiger partial charge in [-0.1, -0.05) is 0 Å². The number of pyridine rings is 1. The third-order valence-corrected chi connectivity index (χ3v) is 6.92. The van der Waals surface area contributed by atoms with Crippen molar-refractivity contribution in [2.75, 3.05) is 24.6 Å². The summed E-state index contributed by atoms with van der Waals surface area (Å²) in [5.41, 5.74) is 1.79. The van der Waals surface area contributed by atoms with Crippen molar-refractivity contribution in [3.63, 3.8) is 0 Å². The molecule has 5 heterocycles. The van der Waals surface area contributed by atoms with Gasteiger partial charge in [-0.15, -0.1) is 11.3 Å². The molecule has 0 atom stereocenters. The number of ether oxygens (including phenoxy) is 1. The number of aromatic nitrogens is 4. The molecule has 28 heavy (non-hydrogen) atoms. The van der Waals surface area contributed by atoms with E-state index < -0.39 is 0 Å². The molecule has 0 amide bonds. The fourth-order valence-corrected chi connectivity index (χ4v) is 5.46. The zero-order valence-electron chi connectivity index (χ0n) is 15.6. The number of nitriles is 1. The standard InChI is InChI=1S/C20H20N6OS/c1-25-13-23-19(24-25)16-11-15-3-9-27-20(18(15)28-16)4-7-26(8-5-20)17-10-14(12-21)2-6-22-17/h2,6,10-11,13H,3-5,7-9H2,1H3. The second-order valence-corrected chi connectivity index (χ2v) is 8.35. The van der Waals surface area contributed by atoms with E-state index in [1.54, 1.807) is 34.6 Å². The van der Waals surface area contributed by atoms with Gasteiger partial charge in [0.2, 0.25) is 0 Å². The van der Waals surface area contributed by atoms with E-state index in [4.69, 9.17) is 10.00 Å². The van der Waals surface area contributed by atoms with Crippen molar-refractivity contribution in [3.8, 4) is 16.8 Å². The number of fused-ring (bicyclic) bond motifs is 2. The molecule has 0 N–H and O–H groups in total. The quantitative estimate of drug-likeness (QED) is 0.667. The molecule has 0 bridgehead atoms. The van der Waals surface area contributed by atoms with Crippen LogP contribution in [-0.2, 0) is 23.8 Å². The molecule has 1 spiro atoms. The number of aryl methyl sites for hydroxylation is 1. The van der Waals surface area contributed by atoms with Gasteiger partial charge in [0.1, 0.15) is 17.7 Å². The smallest absolute Gasteiger partial charge is 0.191 e. The molecular weight excluding hydrogens is 372 g/mol. The van der Waals surface area contributed by atoms with Crippen molar-refractivity contribution >= 4 is 17.2 Å². The maximum atomic E-state index is 9.14. The van der Waals surface area contributed by atoms with Gasteiger partial charge in [0.05, 0.1) is 23.1 Å². The molecule has 0 unspecified atom stereocenters. The lowest BCUT2D eigenvalue weighted by atomic mass is 9.85. The predicted molar refractivity (Wildman–Crippen MR) is 106 cm³/mol. The van der Waals surface area contributed by atoms with Crippen LogP contribution in [0.2, 0.25) is 0 Å². The molecule has 5 rings (SSSR count). The summed E-state index contributed by atoms with van der Waals surface area (Å²) < 4.78 is 8.12. The van der Waals surface area contributed by atoms with Gasteiger partial charge in [0.15, 0.2) is 5.82 Å². The Hall–Kier alpha value is -2.76. The molecule has 3 aromatic rings. The Morgan fingerprint density at radius 3 is 2.86 bits per heavy atom. The Morgan fingerprint density at radius 2 is 2.11 bits per heavy atom. The number of nitrogens with zero attached hydrogens (tertiary/aromatic N) is 6. The first kappa shape index (κ1) is 17.3. The van der Waals surface area contributed by atoms with E-state index in [0.29, 0.717) is 5.56 Å². The topological polar surface area (TPSA) is 79.9 Å². The van der Waals surface area contributed by atoms with Crippen LogP contribution >= 0.6 is 11.3 Å². The first-order chi connectivity index (χ1) is 13.7. The van der Waals surface area contributed by atoms with Crippen molar-refractivity contribution in [2.24, 2.45) is 7.05 Å². The van der Waals surface area contributed by atoms with Crippen molar-refractivity contribution in [1.29, 1.82) is 5.26 Å². The van der Waals surface area contributed by atoms with Gasteiger partial charge in [-0.2, -0.15) is 10.4 Å². The number of rotatable bonds is 2. The summed E-state index contributed by atoms with van der Waals surface area (Å²) in [4.78, 5) is 13.6. The van der Waals surface area contributed by atoms with Crippen LogP contribution in [0.5, 0.6) is 0 Å². The lowest BCUT2D eigenvalue weighted by molar-refractivity contribution is -0.0735. The van der Waals surface area contributed by atoms with Crippen molar-refractivity contribution in [3.05, 3.63) is 46.7 Å². The lowest BCUT2D eigenvalue weighted by Crippen LogP contribution is -2.46. The molecule has 1 saturated heterocycles. The van der Waals surface area contributed by atoms with E-state index in [1.807, 2.05) is 13.1 Å². The zero-order chi connectivity index (χ0) is 19.1. The van der Waals surface area contributed by atoms with Crippen LogP contribution in [0.1, 0.15) is 28.8 Å². The fourth-order valence-electron chi connectivity index (χ4n) is 4.11. The summed E-state index contributed by atoms with van der Waals surface area (Å²) in [5.74, 6) is 1.65. The number of anilines is 1. The Balaban J connectivity index is 1.41. The highest BCUT2D eigenvalue weighted by atomic mass is 32.1. The molecule has 2 aliphatic heterocycles. The van der Waals surface area contributed by atoms with Gasteiger partial charge in [-0.05, 0) is 43.0 Å². The average molecular weight is 392 g/mol. The highest BCUT2D eigenvalue weighted by Crippen LogP contribution is 2.47. The lowest BCUT2D eigenvalue weighted by Gasteiger charge is -2.44. The summed E-state index contributed by atoms with van der Waals surface area (Å²) in [6, 6.07) is 8.04. The third kappa shape index (κ3) is 2.87. The molecule has 0 aromatic carbocycles. The minimum Gasteiger partial charge on any atom is -0.369 e. The molecular formula is C20H20N6OS. The van der Waals surface area contributed by atoms with Crippen molar-refractivity contribution < 1.29 is 4.74 Å². The molecule has 0 saturated carbocycles. The van der Waals surface area contributed by atoms with E-state index >= 15 is 0 Å². The summed E-state index contributed by atoms with van der Waals surface area (Å²) in [6.07, 6.45) is 6.21. The molecule has 142 valence electrons. The first-order valence-corrected chi connectivity index (χ1v) is 10.2. The van der Waals surface area contributed by atoms with E-state index in [-0.39, 0.29) is 5.60 Å². The van der Waals surface area contributed by atoms with E-state index in [2.05, 4.69) is 32.1 Å². The Bertz CT molecular complexity index is 1060. The molecule has 0 aliphatic carbocycles. The van der Waals surface area contributed by atoms with E-state index in [1.165, 1.54) is 10.4 Å². The maximum absolute atomic E-state index is 9.14. The molecule has 7 nitrogen and oxygen atoms in total. The van der Waals surface area contributed by atoms with Crippen LogP contribution < -0.4 is 4.90 Å². The minimum absolute atomic E-state index is 0.228. The van der Waals surface area contributed by atoms with Crippen LogP contribution in [0.25, 0.3) is 10.7 Å². The van der Waals surface area contributed by atoms with Gasteiger partial charge in [-0.25, -0.2) is 9.97 Å². The molecule has 2 aliphatic rings. The predicted octanol–water partition coefficient (Wildman–Crippen LogP) is 2.88. The van der Waals surface area contributed by atoms with Gasteiger partial charge < -0.3 is 9.64 Å². The SMILES string of the molecule is Cn1cnc(-c2cc3c(s2)C2(CCN(c4cc(C#N)ccn4)CC2)OCC3)n1. The molecule has 8 heteroatoms. The summed E-state index contributed by atoms with van der Waals surface area (Å²) in [7, 11) is 1.89. The first-order valence-electron chi connectivity index (χ1n) is 9.41. The van der Waals surface area contributed by atoms with Crippen LogP contribution in [0.15, 0.2) is 30.7 Å². The van der Waals surface area contributed by atoms with Crippen LogP contribution in [0, 0.1) is 11.3 Å². The van der Waals surface area contributed by atoms with E-state index in [0.717, 1.165) is 55.5 Å². The highest BCUT2D eigenvalue weighted by Gasteiger charge is 2.42. The van der Waals surface area contributed by atoms with Crippen LogP contribution in [-0.4, -0.2) is 39.4 Å². The average Bonchev–Trinajstić information content (AvgIpc) is 3.36. The third-order valence-electron chi connectivity index (χ3n) is 5.56. The number of hydrogen-bond donors (Lipinski definition) is 0. The normalized spacial score (nSPS) is 18.1. The monoisotopic (exact) mass is 392 g/mol. The maximum Gasteiger partial charge on any atom is 0.191 e. The molecule has 3 aromatic heterocycles. The zero-order valence-corrected chi connectivity index (χ0v) is 16.4. The van der Waals surface area contributed by atoms with Gasteiger partial charge >= 0.3 is 0 Å². The minimum atomic E-state index is -0.228. The van der Waals surface area contributed by atoms with E-state index in [9.17, 15) is 0 Å². The Kier molecular flexibility index (Phi) is 4.14. The van der Waals surface area contributed by atoms with Gasteiger partial charge in [0.25, 0.3) is 0 Å². The number of hydrogen-bond acceptors (Lipinski definition) is 7. The summed E-state index contributed by atoms with van der Waals surface area (Å²) >= 11 is 1.77. The Morgan fingerprint density at radius 1 is 1.25 bits per heavy atom. The van der Waals surface area contributed by atoms with Crippen LogP contribution in [0.4, 0.5) is 5.82 Å². The molecule has 1 fully saturated rings. The van der Waals surface area contributed by atoms with Crippen molar-refractivity contribution in [2.45, 2.75) is 24.9 Å². The second-order valence-electron chi connectivity index (χ2n) is 7.30. The number of thiophene rings is 1. The second kappa shape index (κ2) is 6.69. The molecule has 0 radical (unpaired) electrons. The summed E-state index contributed by atoms with van der Waals surface area (Å²) in [5, 5.41) is 13.6. The van der Waals surface area contributed by atoms with Gasteiger partial charge in [-0.3, -0.25) is 4.68 Å². The largest absolute Gasteiger partial charge is 0.369 e. The van der Waals surface area contributed by atoms with Crippen LogP contribution in [0.3, 0.4) is 0 Å². The fraction of sp³-hybridized carbons (Fsp3) is 0.400. The highest BCUT2D eigenvalue weighted by molar-refractivity contribution is 7.15. The van der Waals surface area contributed by atoms with Gasteiger partial charge in [0, 0.05) is 31.2 Å². The summed E-state index contributed by atoms with van der Waals surface area (Å²) in [6.45, 7) is 2.47. The van der Waals surface area contributed by atoms with Crippen molar-refractivity contribution in [1.82, 2.24) is 19.7 Å². The number of piperidine rings is 1. The Labute approximate surface area is 167 Å².